The Hall–Kier alpha value is -6.80. The van der Waals surface area contributed by atoms with E-state index in [4.69, 9.17) is 55.2 Å². The fourth-order valence-corrected chi connectivity index (χ4v) is 6.30. The van der Waals surface area contributed by atoms with Gasteiger partial charge in [-0.2, -0.15) is 0 Å². The smallest absolute Gasteiger partial charge is 0.338 e. The third-order valence-electron chi connectivity index (χ3n) is 8.82. The largest absolute Gasteiger partial charge is 0.504 e. The number of methoxy groups -OCH3 is 1. The van der Waals surface area contributed by atoms with Crippen molar-refractivity contribution in [3.63, 3.8) is 0 Å². The zero-order chi connectivity index (χ0) is 36.2. The van der Waals surface area contributed by atoms with Gasteiger partial charge in [-0.1, -0.05) is 97.1 Å². The molecule has 0 aliphatic carbocycles. The molecular weight excluding hydrogens is 851 g/mol. The van der Waals surface area contributed by atoms with Gasteiger partial charge in [0.05, 0.1) is 36.0 Å². The Morgan fingerprint density at radius 2 is 0.796 bits per heavy atom. The van der Waals surface area contributed by atoms with Gasteiger partial charge in [-0.3, -0.25) is 0 Å². The van der Waals surface area contributed by atoms with Crippen molar-refractivity contribution in [3.05, 3.63) is 115 Å². The summed E-state index contributed by atoms with van der Waals surface area (Å²) >= 11 is 0. The van der Waals surface area contributed by atoms with Crippen LogP contribution in [0.5, 0.6) is 17.2 Å². The molecule has 54 heavy (non-hydrogen) atoms. The number of esters is 1. The van der Waals surface area contributed by atoms with Crippen molar-refractivity contribution in [2.24, 2.45) is 0 Å². The molecule has 8 bridgehead atoms. The van der Waals surface area contributed by atoms with Crippen LogP contribution in [0.15, 0.2) is 109 Å². The molecule has 260 valence electrons. The van der Waals surface area contributed by atoms with E-state index in [-0.39, 0.29) is 31.4 Å². The Labute approximate surface area is 323 Å². The molecule has 0 saturated carbocycles. The van der Waals surface area contributed by atoms with Crippen molar-refractivity contribution >= 4 is 50.1 Å². The van der Waals surface area contributed by atoms with Gasteiger partial charge < -0.3 is 50.0 Å². The zero-order valence-electron chi connectivity index (χ0n) is 28.1. The van der Waals surface area contributed by atoms with Gasteiger partial charge in [-0.25, -0.2) is 14.8 Å². The van der Waals surface area contributed by atoms with Crippen molar-refractivity contribution in [2.45, 2.75) is 0 Å². The number of phenolic OH excluding ortho intramolecular Hbond substituents is 3. The minimum absolute atomic E-state index is 0. The van der Waals surface area contributed by atoms with Crippen LogP contribution < -0.4 is 9.97 Å². The number of nitrogens with zero attached hydrogens (tertiary/aromatic N) is 8. The first-order valence-corrected chi connectivity index (χ1v) is 16.3. The van der Waals surface area contributed by atoms with Gasteiger partial charge >= 0.3 is 5.97 Å². The number of aromatic hydroxyl groups is 3. The molecule has 5 aromatic carbocycles. The third kappa shape index (κ3) is 5.82. The summed E-state index contributed by atoms with van der Waals surface area (Å²) in [6.07, 6.45) is 0. The average molecular weight is 875 g/mol. The summed E-state index contributed by atoms with van der Waals surface area (Å²) in [5, 5.41) is 30.5. The van der Waals surface area contributed by atoms with Crippen molar-refractivity contribution < 1.29 is 50.7 Å². The van der Waals surface area contributed by atoms with Crippen LogP contribution in [0, 0.1) is 0 Å². The summed E-state index contributed by atoms with van der Waals surface area (Å²) < 4.78 is 4.34. The molecule has 0 atom stereocenters. The first-order chi connectivity index (χ1) is 25.9. The first-order valence-electron chi connectivity index (χ1n) is 16.3. The molecule has 0 fully saturated rings. The van der Waals surface area contributed by atoms with E-state index in [1.165, 1.54) is 7.11 Å². The van der Waals surface area contributed by atoms with E-state index in [9.17, 15) is 4.79 Å². The maximum atomic E-state index is 10.9. The Balaban J connectivity index is 0.000000254. The summed E-state index contributed by atoms with van der Waals surface area (Å²) in [6.45, 7) is 0. The summed E-state index contributed by atoms with van der Waals surface area (Å²) in [5.41, 5.74) is 5.75. The number of rotatable bonds is 1. The number of hydrogen-bond acceptors (Lipinski definition) is 11. The molecular formula is C40H24HfN8O5-2. The number of ether oxygens (including phenoxy) is 1. The van der Waals surface area contributed by atoms with Gasteiger partial charge in [-0.05, 0) is 33.7 Å². The maximum Gasteiger partial charge on any atom is 0.338 e. The molecule has 0 saturated heterocycles. The molecule has 0 radical (unpaired) electrons. The summed E-state index contributed by atoms with van der Waals surface area (Å²) in [5.74, 6) is -0.293. The van der Waals surface area contributed by atoms with Crippen molar-refractivity contribution in [1.82, 2.24) is 39.9 Å². The molecule has 3 N–H and O–H groups in total. The molecule has 5 heterocycles. The second kappa shape index (κ2) is 13.6. The fourth-order valence-electron chi connectivity index (χ4n) is 6.30. The van der Waals surface area contributed by atoms with Crippen LogP contribution in [-0.2, 0) is 30.6 Å². The van der Waals surface area contributed by atoms with Gasteiger partial charge in [0.15, 0.2) is 17.2 Å². The number of benzene rings is 5. The van der Waals surface area contributed by atoms with Gasteiger partial charge in [0.2, 0.25) is 0 Å². The normalized spacial score (nSPS) is 11.2. The Bertz CT molecular complexity index is 2640. The standard InChI is InChI=1S/C32H16N8.C8H8O5.Hf/c1-2-10-18-17(9-1)25-33-26(18)38-28-21-13-5-6-14-22(21)30(35-28)40-32-24-16-8-7-15-23(24)31(36-32)39-29-20-12-4-3-11-19(20)27(34-29)37-25;1-13-8(12)4-2-5(9)7(11)6(10)3-4;/h1-16H;2-3,9-11H,1H3;/q-2;;. The third-order valence-corrected chi connectivity index (χ3v) is 8.82. The van der Waals surface area contributed by atoms with E-state index in [0.717, 1.165) is 55.9 Å². The molecule has 2 aliphatic rings. The maximum absolute atomic E-state index is 10.9. The van der Waals surface area contributed by atoms with Gasteiger partial charge in [0.25, 0.3) is 0 Å². The summed E-state index contributed by atoms with van der Waals surface area (Å²) in [6, 6.07) is 33.8. The SMILES string of the molecule is COC(=O)c1cc(O)c(O)c(O)c1.[Hf].c1ccc2c(c1)-c1nc-2nc2[n-]c(nc3nc(nc4[n-]c(n1)c1ccccc41)-c1ccccc1-3)c1ccccc21. The summed E-state index contributed by atoms with van der Waals surface area (Å²) in [7, 11) is 1.17. The average Bonchev–Trinajstić information content (AvgIpc) is 3.92. The van der Waals surface area contributed by atoms with Crippen LogP contribution in [-0.4, -0.2) is 58.3 Å². The number of carbonyl (C=O) groups is 1. The van der Waals surface area contributed by atoms with E-state index < -0.39 is 23.2 Å². The Kier molecular flexibility index (Phi) is 8.66. The van der Waals surface area contributed by atoms with Crippen LogP contribution in [0.3, 0.4) is 0 Å². The molecule has 0 spiro atoms. The second-order valence-electron chi connectivity index (χ2n) is 12.0. The van der Waals surface area contributed by atoms with Gasteiger partial charge in [0, 0.05) is 70.7 Å². The predicted molar refractivity (Wildman–Crippen MR) is 197 cm³/mol. The van der Waals surface area contributed by atoms with E-state index in [1.807, 2.05) is 97.1 Å². The number of aromatic nitrogens is 8. The molecule has 10 rings (SSSR count). The number of phenols is 3. The number of fused-ring (bicyclic) bond motifs is 20. The molecule has 3 aromatic heterocycles. The quantitative estimate of drug-likeness (QED) is 0.0896. The first kappa shape index (κ1) is 34.3. The molecule has 13 nitrogen and oxygen atoms in total. The van der Waals surface area contributed by atoms with Crippen molar-refractivity contribution in [1.29, 1.82) is 0 Å². The van der Waals surface area contributed by atoms with E-state index in [0.29, 0.717) is 45.9 Å². The van der Waals surface area contributed by atoms with Crippen LogP contribution in [0.4, 0.5) is 0 Å². The fraction of sp³-hybridized carbons (Fsp3) is 0.0250. The number of carbonyl (C=O) groups excluding carboxylic acids is 1. The zero-order valence-corrected chi connectivity index (χ0v) is 31.7. The van der Waals surface area contributed by atoms with E-state index >= 15 is 0 Å². The number of hydrogen-bond donors (Lipinski definition) is 3. The second-order valence-corrected chi connectivity index (χ2v) is 12.0. The molecule has 0 amide bonds. The van der Waals surface area contributed by atoms with Crippen molar-refractivity contribution in [3.8, 4) is 62.8 Å². The summed E-state index contributed by atoms with van der Waals surface area (Å²) in [4.78, 5) is 50.2. The van der Waals surface area contributed by atoms with Gasteiger partial charge in [0.1, 0.15) is 0 Å². The van der Waals surface area contributed by atoms with E-state index in [2.05, 4.69) is 4.74 Å². The Morgan fingerprint density at radius 1 is 0.500 bits per heavy atom. The topological polar surface area (TPSA) is 193 Å². The van der Waals surface area contributed by atoms with Crippen LogP contribution >= 0.6 is 0 Å². The minimum atomic E-state index is -0.703. The van der Waals surface area contributed by atoms with Crippen LogP contribution in [0.25, 0.3) is 89.7 Å². The van der Waals surface area contributed by atoms with Crippen LogP contribution in [0.1, 0.15) is 10.4 Å². The molecule has 14 heteroatoms. The predicted octanol–water partition coefficient (Wildman–Crippen LogP) is 6.71. The minimum Gasteiger partial charge on any atom is -0.504 e. The van der Waals surface area contributed by atoms with Crippen molar-refractivity contribution in [2.75, 3.05) is 7.11 Å². The van der Waals surface area contributed by atoms with E-state index in [1.54, 1.807) is 0 Å². The van der Waals surface area contributed by atoms with Gasteiger partial charge in [-0.15, -0.1) is 0 Å². The molecule has 8 aromatic rings. The Morgan fingerprint density at radius 3 is 1.09 bits per heavy atom. The molecule has 2 aliphatic heterocycles. The van der Waals surface area contributed by atoms with Crippen LogP contribution in [0.2, 0.25) is 0 Å². The molecule has 0 unspecified atom stereocenters. The monoisotopic (exact) mass is 876 g/mol.